The lowest BCUT2D eigenvalue weighted by atomic mass is 10.1. The van der Waals surface area contributed by atoms with Gasteiger partial charge < -0.3 is 4.57 Å². The van der Waals surface area contributed by atoms with Crippen LogP contribution in [0, 0.1) is 6.92 Å². The van der Waals surface area contributed by atoms with Crippen LogP contribution in [0.3, 0.4) is 0 Å². The highest BCUT2D eigenvalue weighted by atomic mass is 35.5. The van der Waals surface area contributed by atoms with Crippen molar-refractivity contribution >= 4 is 34.7 Å². The second kappa shape index (κ2) is 7.72. The molecule has 0 unspecified atom stereocenters. The monoisotopic (exact) mass is 377 g/mol. The number of thiophene rings is 1. The summed E-state index contributed by atoms with van der Waals surface area (Å²) in [6.07, 6.45) is 1.02. The van der Waals surface area contributed by atoms with E-state index in [1.807, 2.05) is 18.2 Å². The Bertz CT molecular complexity index is 839. The molecule has 0 aliphatic carbocycles. The first-order valence-corrected chi connectivity index (χ1v) is 10.3. The van der Waals surface area contributed by atoms with E-state index in [4.69, 9.17) is 11.6 Å². The summed E-state index contributed by atoms with van der Waals surface area (Å²) in [6, 6.07) is 7.95. The second-order valence-corrected chi connectivity index (χ2v) is 7.90. The Morgan fingerprint density at radius 3 is 2.71 bits per heavy atom. The fourth-order valence-electron chi connectivity index (χ4n) is 2.74. The van der Waals surface area contributed by atoms with Crippen molar-refractivity contribution in [3.8, 4) is 11.4 Å². The van der Waals surface area contributed by atoms with Crippen LogP contribution in [0.15, 0.2) is 34.8 Å². The molecule has 0 bridgehead atoms. The molecule has 3 rings (SSSR count). The van der Waals surface area contributed by atoms with Gasteiger partial charge in [0, 0.05) is 33.1 Å². The smallest absolute Gasteiger partial charge is 0.191 e. The van der Waals surface area contributed by atoms with Gasteiger partial charge in [-0.05, 0) is 37.5 Å². The summed E-state index contributed by atoms with van der Waals surface area (Å²) in [4.78, 5) is 1.36. The Morgan fingerprint density at radius 1 is 1.21 bits per heavy atom. The minimum atomic E-state index is 0.793. The standard InChI is InChI=1S/C18H20ClN3S2/c1-4-14-12(3)23-11-15(14)17-20-21-18(22(17)5-2)24-10-13-8-6-7-9-16(13)19/h6-9,11H,4-5,10H2,1-3H3. The number of benzene rings is 1. The number of nitrogens with zero attached hydrogens (tertiary/aromatic N) is 3. The summed E-state index contributed by atoms with van der Waals surface area (Å²) in [6.45, 7) is 7.35. The Balaban J connectivity index is 1.88. The molecule has 0 N–H and O–H groups in total. The summed E-state index contributed by atoms with van der Waals surface area (Å²) in [5, 5.41) is 12.9. The van der Waals surface area contributed by atoms with Gasteiger partial charge in [-0.2, -0.15) is 0 Å². The van der Waals surface area contributed by atoms with Crippen LogP contribution in [-0.4, -0.2) is 14.8 Å². The van der Waals surface area contributed by atoms with Gasteiger partial charge in [0.15, 0.2) is 11.0 Å². The molecule has 3 nitrogen and oxygen atoms in total. The maximum atomic E-state index is 6.25. The van der Waals surface area contributed by atoms with Crippen LogP contribution < -0.4 is 0 Å². The van der Waals surface area contributed by atoms with Crippen LogP contribution in [0.1, 0.15) is 29.9 Å². The van der Waals surface area contributed by atoms with Crippen LogP contribution >= 0.6 is 34.7 Å². The molecule has 0 aliphatic rings. The zero-order valence-corrected chi connectivity index (χ0v) is 16.4. The third kappa shape index (κ3) is 3.39. The molecule has 24 heavy (non-hydrogen) atoms. The third-order valence-electron chi connectivity index (χ3n) is 4.05. The number of rotatable bonds is 6. The van der Waals surface area contributed by atoms with Gasteiger partial charge in [-0.25, -0.2) is 0 Å². The molecule has 0 saturated carbocycles. The Hall–Kier alpha value is -1.30. The normalized spacial score (nSPS) is 11.2. The van der Waals surface area contributed by atoms with Gasteiger partial charge in [0.1, 0.15) is 0 Å². The average Bonchev–Trinajstić information content (AvgIpc) is 3.16. The van der Waals surface area contributed by atoms with E-state index < -0.39 is 0 Å². The molecule has 0 aliphatic heterocycles. The maximum absolute atomic E-state index is 6.25. The number of hydrogen-bond donors (Lipinski definition) is 0. The maximum Gasteiger partial charge on any atom is 0.191 e. The van der Waals surface area contributed by atoms with E-state index in [-0.39, 0.29) is 0 Å². The molecule has 126 valence electrons. The molecule has 0 spiro atoms. The Labute approximate surface area is 156 Å². The van der Waals surface area contributed by atoms with Crippen LogP contribution in [-0.2, 0) is 18.7 Å². The summed E-state index contributed by atoms with van der Waals surface area (Å²) in [5.74, 6) is 1.77. The number of hydrogen-bond acceptors (Lipinski definition) is 4. The molecule has 1 aromatic carbocycles. The fraction of sp³-hybridized carbons (Fsp3) is 0.333. The van der Waals surface area contributed by atoms with Crippen molar-refractivity contribution in [2.45, 2.75) is 44.6 Å². The first-order chi connectivity index (χ1) is 11.7. The van der Waals surface area contributed by atoms with Crippen molar-refractivity contribution in [3.05, 3.63) is 50.7 Å². The van der Waals surface area contributed by atoms with E-state index in [0.29, 0.717) is 0 Å². The van der Waals surface area contributed by atoms with Crippen molar-refractivity contribution in [3.63, 3.8) is 0 Å². The van der Waals surface area contributed by atoms with Crippen molar-refractivity contribution in [1.82, 2.24) is 14.8 Å². The third-order valence-corrected chi connectivity index (χ3v) is 6.38. The lowest BCUT2D eigenvalue weighted by Gasteiger charge is -2.08. The fourth-order valence-corrected chi connectivity index (χ4v) is 4.97. The van der Waals surface area contributed by atoms with Gasteiger partial charge in [0.25, 0.3) is 0 Å². The first kappa shape index (κ1) is 17.5. The Morgan fingerprint density at radius 2 is 2.00 bits per heavy atom. The topological polar surface area (TPSA) is 30.7 Å². The van der Waals surface area contributed by atoms with Gasteiger partial charge in [-0.1, -0.05) is 48.5 Å². The SMILES string of the molecule is CCc1c(-c2nnc(SCc3ccccc3Cl)n2CC)csc1C. The van der Waals surface area contributed by atoms with Crippen LogP contribution in [0.25, 0.3) is 11.4 Å². The highest BCUT2D eigenvalue weighted by Gasteiger charge is 2.18. The number of aromatic nitrogens is 3. The summed E-state index contributed by atoms with van der Waals surface area (Å²) >= 11 is 9.72. The minimum absolute atomic E-state index is 0.793. The van der Waals surface area contributed by atoms with Gasteiger partial charge in [0.05, 0.1) is 0 Å². The van der Waals surface area contributed by atoms with Gasteiger partial charge in [-0.15, -0.1) is 21.5 Å². The van der Waals surface area contributed by atoms with E-state index in [1.54, 1.807) is 23.1 Å². The Kier molecular flexibility index (Phi) is 5.64. The van der Waals surface area contributed by atoms with Crippen LogP contribution in [0.5, 0.6) is 0 Å². The highest BCUT2D eigenvalue weighted by Crippen LogP contribution is 2.33. The van der Waals surface area contributed by atoms with Gasteiger partial charge in [0.2, 0.25) is 0 Å². The van der Waals surface area contributed by atoms with Crippen LogP contribution in [0.2, 0.25) is 5.02 Å². The van der Waals surface area contributed by atoms with Crippen molar-refractivity contribution in [1.29, 1.82) is 0 Å². The molecule has 0 fully saturated rings. The van der Waals surface area contributed by atoms with Crippen molar-refractivity contribution in [2.24, 2.45) is 0 Å². The molecular formula is C18H20ClN3S2. The molecule has 0 amide bonds. The van der Waals surface area contributed by atoms with E-state index in [2.05, 4.69) is 47.0 Å². The molecule has 2 aromatic heterocycles. The van der Waals surface area contributed by atoms with Gasteiger partial charge >= 0.3 is 0 Å². The summed E-state index contributed by atoms with van der Waals surface area (Å²) in [7, 11) is 0. The zero-order chi connectivity index (χ0) is 17.1. The lowest BCUT2D eigenvalue weighted by molar-refractivity contribution is 0.687. The van der Waals surface area contributed by atoms with Crippen LogP contribution in [0.4, 0.5) is 0 Å². The van der Waals surface area contributed by atoms with Crippen molar-refractivity contribution < 1.29 is 0 Å². The van der Waals surface area contributed by atoms with Gasteiger partial charge in [-0.3, -0.25) is 0 Å². The molecular weight excluding hydrogens is 358 g/mol. The number of thioether (sulfide) groups is 1. The first-order valence-electron chi connectivity index (χ1n) is 8.02. The highest BCUT2D eigenvalue weighted by molar-refractivity contribution is 7.98. The quantitative estimate of drug-likeness (QED) is 0.505. The number of aryl methyl sites for hydroxylation is 1. The molecule has 0 atom stereocenters. The van der Waals surface area contributed by atoms with E-state index in [1.165, 1.54) is 16.0 Å². The molecule has 0 saturated heterocycles. The average molecular weight is 378 g/mol. The predicted octanol–water partition coefficient (Wildman–Crippen LogP) is 5.84. The number of halogens is 1. The predicted molar refractivity (Wildman–Crippen MR) is 104 cm³/mol. The largest absolute Gasteiger partial charge is 0.302 e. The molecule has 6 heteroatoms. The van der Waals surface area contributed by atoms with E-state index in [9.17, 15) is 0 Å². The van der Waals surface area contributed by atoms with E-state index in [0.717, 1.165) is 40.3 Å². The lowest BCUT2D eigenvalue weighted by Crippen LogP contribution is -2.01. The molecule has 3 aromatic rings. The second-order valence-electron chi connectivity index (χ2n) is 5.47. The molecule has 2 heterocycles. The zero-order valence-electron chi connectivity index (χ0n) is 14.0. The summed E-state index contributed by atoms with van der Waals surface area (Å²) < 4.78 is 2.20. The van der Waals surface area contributed by atoms with E-state index >= 15 is 0 Å². The molecule has 0 radical (unpaired) electrons. The van der Waals surface area contributed by atoms with Crippen molar-refractivity contribution in [2.75, 3.05) is 0 Å². The minimum Gasteiger partial charge on any atom is -0.302 e. The summed E-state index contributed by atoms with van der Waals surface area (Å²) in [5.41, 5.74) is 3.72.